The summed E-state index contributed by atoms with van der Waals surface area (Å²) in [6.45, 7) is 2.33. The number of para-hydroxylation sites is 1. The second-order valence-electron chi connectivity index (χ2n) is 8.81. The number of ether oxygens (including phenoxy) is 2. The summed E-state index contributed by atoms with van der Waals surface area (Å²) in [5.74, 6) is 0.600. The number of carbonyl (C=O) groups excluding carboxylic acids is 2. The summed E-state index contributed by atoms with van der Waals surface area (Å²) < 4.78 is 11.2. The zero-order chi connectivity index (χ0) is 25.3. The van der Waals surface area contributed by atoms with Gasteiger partial charge in [0.15, 0.2) is 0 Å². The fourth-order valence-electron chi connectivity index (χ4n) is 4.66. The number of hydrogen-bond acceptors (Lipinski definition) is 5. The molecule has 2 amide bonds. The maximum absolute atomic E-state index is 14.0. The lowest BCUT2D eigenvalue weighted by Crippen LogP contribution is -2.47. The van der Waals surface area contributed by atoms with Crippen LogP contribution in [0.2, 0.25) is 0 Å². The van der Waals surface area contributed by atoms with Gasteiger partial charge in [0.25, 0.3) is 5.91 Å². The lowest BCUT2D eigenvalue weighted by Gasteiger charge is -2.34. The minimum atomic E-state index is -0.961. The van der Waals surface area contributed by atoms with Crippen LogP contribution in [-0.2, 0) is 4.79 Å². The minimum Gasteiger partial charge on any atom is -0.497 e. The Morgan fingerprint density at radius 1 is 1.00 bits per heavy atom. The van der Waals surface area contributed by atoms with Crippen molar-refractivity contribution >= 4 is 17.5 Å². The van der Waals surface area contributed by atoms with Gasteiger partial charge < -0.3 is 14.8 Å². The molecule has 1 saturated carbocycles. The molecule has 188 valence electrons. The van der Waals surface area contributed by atoms with E-state index in [9.17, 15) is 9.59 Å². The number of rotatable bonds is 9. The van der Waals surface area contributed by atoms with Gasteiger partial charge in [-0.05, 0) is 62.2 Å². The number of amides is 2. The van der Waals surface area contributed by atoms with Gasteiger partial charge in [-0.1, -0.05) is 43.5 Å². The van der Waals surface area contributed by atoms with Gasteiger partial charge >= 0.3 is 0 Å². The van der Waals surface area contributed by atoms with Crippen LogP contribution in [0.15, 0.2) is 72.9 Å². The van der Waals surface area contributed by atoms with Gasteiger partial charge in [-0.2, -0.15) is 0 Å². The van der Waals surface area contributed by atoms with Gasteiger partial charge in [-0.25, -0.2) is 0 Å². The van der Waals surface area contributed by atoms with Crippen molar-refractivity contribution < 1.29 is 19.1 Å². The molecule has 1 aromatic heterocycles. The smallest absolute Gasteiger partial charge is 0.277 e. The van der Waals surface area contributed by atoms with E-state index >= 15 is 0 Å². The van der Waals surface area contributed by atoms with Crippen LogP contribution in [0, 0.1) is 0 Å². The Hall–Kier alpha value is -3.87. The Bertz CT molecular complexity index is 1140. The molecule has 0 unspecified atom stereocenters. The SMILES string of the molecule is CCOc1ccccc1[C@H](C(=O)NC1CCCCC1)N(C(=O)c1ccccn1)c1ccc(OC)cc1. The maximum atomic E-state index is 14.0. The number of aromatic nitrogens is 1. The zero-order valence-corrected chi connectivity index (χ0v) is 20.9. The third kappa shape index (κ3) is 5.85. The van der Waals surface area contributed by atoms with Crippen molar-refractivity contribution in [1.82, 2.24) is 10.3 Å². The summed E-state index contributed by atoms with van der Waals surface area (Å²) in [4.78, 5) is 33.8. The predicted octanol–water partition coefficient (Wildman–Crippen LogP) is 5.33. The lowest BCUT2D eigenvalue weighted by molar-refractivity contribution is -0.123. The average Bonchev–Trinajstić information content (AvgIpc) is 2.93. The number of pyridine rings is 1. The van der Waals surface area contributed by atoms with Gasteiger partial charge in [-0.3, -0.25) is 19.5 Å². The third-order valence-electron chi connectivity index (χ3n) is 6.42. The molecule has 0 spiro atoms. The molecule has 1 heterocycles. The molecule has 1 N–H and O–H groups in total. The molecule has 4 rings (SSSR count). The normalized spacial score (nSPS) is 14.5. The van der Waals surface area contributed by atoms with Gasteiger partial charge in [0, 0.05) is 23.5 Å². The molecule has 3 aromatic rings. The molecule has 1 fully saturated rings. The van der Waals surface area contributed by atoms with E-state index in [-0.39, 0.29) is 23.6 Å². The number of nitrogens with one attached hydrogen (secondary N) is 1. The van der Waals surface area contributed by atoms with E-state index in [0.29, 0.717) is 29.4 Å². The summed E-state index contributed by atoms with van der Waals surface area (Å²) >= 11 is 0. The first-order valence-electron chi connectivity index (χ1n) is 12.5. The Labute approximate surface area is 212 Å². The number of hydrogen-bond donors (Lipinski definition) is 1. The second kappa shape index (κ2) is 12.2. The summed E-state index contributed by atoms with van der Waals surface area (Å²) in [6, 6.07) is 18.8. The van der Waals surface area contributed by atoms with E-state index in [0.717, 1.165) is 25.7 Å². The topological polar surface area (TPSA) is 80.8 Å². The van der Waals surface area contributed by atoms with E-state index in [4.69, 9.17) is 9.47 Å². The number of nitrogens with zero attached hydrogens (tertiary/aromatic N) is 2. The molecule has 0 saturated heterocycles. The van der Waals surface area contributed by atoms with Gasteiger partial charge in [0.05, 0.1) is 13.7 Å². The Balaban J connectivity index is 1.84. The lowest BCUT2D eigenvalue weighted by atomic mass is 9.94. The van der Waals surface area contributed by atoms with Crippen molar-refractivity contribution in [2.24, 2.45) is 0 Å². The van der Waals surface area contributed by atoms with Crippen LogP contribution in [0.5, 0.6) is 11.5 Å². The molecule has 7 nitrogen and oxygen atoms in total. The summed E-state index contributed by atoms with van der Waals surface area (Å²) in [5, 5.41) is 3.23. The van der Waals surface area contributed by atoms with Crippen molar-refractivity contribution in [2.75, 3.05) is 18.6 Å². The van der Waals surface area contributed by atoms with Gasteiger partial charge in [0.2, 0.25) is 5.91 Å². The van der Waals surface area contributed by atoms with Crippen LogP contribution < -0.4 is 19.7 Å². The van der Waals surface area contributed by atoms with Crippen LogP contribution in [0.4, 0.5) is 5.69 Å². The highest BCUT2D eigenvalue weighted by Crippen LogP contribution is 2.35. The molecular formula is C29H33N3O4. The number of anilines is 1. The van der Waals surface area contributed by atoms with E-state index in [1.54, 1.807) is 55.8 Å². The van der Waals surface area contributed by atoms with Crippen molar-refractivity contribution in [3.63, 3.8) is 0 Å². The highest BCUT2D eigenvalue weighted by Gasteiger charge is 2.36. The first-order valence-corrected chi connectivity index (χ1v) is 12.5. The minimum absolute atomic E-state index is 0.0793. The molecule has 1 atom stereocenters. The van der Waals surface area contributed by atoms with Gasteiger partial charge in [-0.15, -0.1) is 0 Å². The molecule has 0 aliphatic heterocycles. The molecule has 36 heavy (non-hydrogen) atoms. The highest BCUT2D eigenvalue weighted by molar-refractivity contribution is 6.09. The van der Waals surface area contributed by atoms with Crippen molar-refractivity contribution in [2.45, 2.75) is 51.1 Å². The predicted molar refractivity (Wildman–Crippen MR) is 139 cm³/mol. The van der Waals surface area contributed by atoms with E-state index in [2.05, 4.69) is 10.3 Å². The second-order valence-corrected chi connectivity index (χ2v) is 8.81. The van der Waals surface area contributed by atoms with Gasteiger partial charge in [0.1, 0.15) is 23.2 Å². The molecule has 2 aromatic carbocycles. The Morgan fingerprint density at radius 2 is 1.72 bits per heavy atom. The summed E-state index contributed by atoms with van der Waals surface area (Å²) in [5.41, 5.74) is 1.42. The number of methoxy groups -OCH3 is 1. The van der Waals surface area contributed by atoms with Crippen molar-refractivity contribution in [3.8, 4) is 11.5 Å². The molecule has 7 heteroatoms. The number of carbonyl (C=O) groups is 2. The van der Waals surface area contributed by atoms with Crippen LogP contribution in [0.25, 0.3) is 0 Å². The Kier molecular flexibility index (Phi) is 8.55. The van der Waals surface area contributed by atoms with Crippen LogP contribution in [-0.4, -0.2) is 36.6 Å². The molecule has 0 bridgehead atoms. The number of benzene rings is 2. The van der Waals surface area contributed by atoms with Crippen LogP contribution >= 0.6 is 0 Å². The standard InChI is InChI=1S/C29H33N3O4/c1-3-36-26-15-8-7-13-24(26)27(28(33)31-21-11-5-4-6-12-21)32(22-16-18-23(35-2)19-17-22)29(34)25-14-9-10-20-30-25/h7-10,13-21,27H,3-6,11-12H2,1-2H3,(H,31,33)/t27-/m1/s1. The average molecular weight is 488 g/mol. The Morgan fingerprint density at radius 3 is 2.39 bits per heavy atom. The zero-order valence-electron chi connectivity index (χ0n) is 20.9. The van der Waals surface area contributed by atoms with Crippen LogP contribution in [0.1, 0.15) is 61.1 Å². The maximum Gasteiger partial charge on any atom is 0.277 e. The quantitative estimate of drug-likeness (QED) is 0.442. The first-order chi connectivity index (χ1) is 17.6. The third-order valence-corrected chi connectivity index (χ3v) is 6.42. The molecular weight excluding hydrogens is 454 g/mol. The molecule has 1 aliphatic carbocycles. The van der Waals surface area contributed by atoms with E-state index < -0.39 is 6.04 Å². The molecule has 0 radical (unpaired) electrons. The van der Waals surface area contributed by atoms with Crippen molar-refractivity contribution in [1.29, 1.82) is 0 Å². The van der Waals surface area contributed by atoms with Crippen LogP contribution in [0.3, 0.4) is 0 Å². The highest BCUT2D eigenvalue weighted by atomic mass is 16.5. The first kappa shape index (κ1) is 25.2. The monoisotopic (exact) mass is 487 g/mol. The summed E-state index contributed by atoms with van der Waals surface area (Å²) in [6.07, 6.45) is 6.79. The van der Waals surface area contributed by atoms with Crippen molar-refractivity contribution in [3.05, 3.63) is 84.2 Å². The molecule has 1 aliphatic rings. The fourth-order valence-corrected chi connectivity index (χ4v) is 4.66. The summed E-state index contributed by atoms with van der Waals surface area (Å²) in [7, 11) is 1.59. The van der Waals surface area contributed by atoms with E-state index in [1.807, 2.05) is 31.2 Å². The van der Waals surface area contributed by atoms with E-state index in [1.165, 1.54) is 11.3 Å². The largest absolute Gasteiger partial charge is 0.497 e. The fraction of sp³-hybridized carbons (Fsp3) is 0.345.